The minimum Gasteiger partial charge on any atom is -0.467 e. The Labute approximate surface area is 81.3 Å². The highest BCUT2D eigenvalue weighted by Crippen LogP contribution is 2.04. The Balaban J connectivity index is 1.79. The molecule has 0 saturated carbocycles. The van der Waals surface area contributed by atoms with Crippen molar-refractivity contribution in [2.45, 2.75) is 13.1 Å². The SMILES string of the molecule is c1coc(CN=NCc2ccco2)c1. The first-order valence-electron chi connectivity index (χ1n) is 4.33. The highest BCUT2D eigenvalue weighted by atomic mass is 16.3. The molecule has 0 aliphatic carbocycles. The summed E-state index contributed by atoms with van der Waals surface area (Å²) in [6, 6.07) is 7.40. The molecule has 0 fully saturated rings. The van der Waals surface area contributed by atoms with Gasteiger partial charge in [0.15, 0.2) is 0 Å². The predicted octanol–water partition coefficient (Wildman–Crippen LogP) is 3.03. The molecule has 0 aliphatic heterocycles. The van der Waals surface area contributed by atoms with E-state index >= 15 is 0 Å². The van der Waals surface area contributed by atoms with Crippen molar-refractivity contribution < 1.29 is 8.83 Å². The van der Waals surface area contributed by atoms with Crippen molar-refractivity contribution in [3.05, 3.63) is 48.3 Å². The number of hydrogen-bond donors (Lipinski definition) is 0. The molecule has 0 amide bonds. The molecule has 0 saturated heterocycles. The third-order valence-corrected chi connectivity index (χ3v) is 1.71. The van der Waals surface area contributed by atoms with E-state index in [0.717, 1.165) is 11.5 Å². The molecule has 0 N–H and O–H groups in total. The van der Waals surface area contributed by atoms with Crippen LogP contribution in [0.1, 0.15) is 11.5 Å². The number of furan rings is 2. The maximum Gasteiger partial charge on any atom is 0.127 e. The summed E-state index contributed by atoms with van der Waals surface area (Å²) in [6.07, 6.45) is 3.24. The molecule has 0 bridgehead atoms. The van der Waals surface area contributed by atoms with E-state index in [4.69, 9.17) is 8.83 Å². The van der Waals surface area contributed by atoms with Gasteiger partial charge in [0.25, 0.3) is 0 Å². The fraction of sp³-hybridized carbons (Fsp3) is 0.200. The standard InChI is InChI=1S/C10H10N2O2/c1-3-9(13-5-1)7-11-12-8-10-4-2-6-14-10/h1-6H,7-8H2. The maximum absolute atomic E-state index is 5.09. The normalized spacial score (nSPS) is 11.1. The Bertz CT molecular complexity index is 338. The second-order valence-electron chi connectivity index (χ2n) is 2.76. The highest BCUT2D eigenvalue weighted by molar-refractivity contribution is 4.98. The molecule has 14 heavy (non-hydrogen) atoms. The zero-order chi connectivity index (χ0) is 9.64. The van der Waals surface area contributed by atoms with Gasteiger partial charge in [-0.1, -0.05) is 0 Å². The Morgan fingerprint density at radius 3 is 1.71 bits per heavy atom. The van der Waals surface area contributed by atoms with Gasteiger partial charge in [-0.05, 0) is 24.3 Å². The van der Waals surface area contributed by atoms with Gasteiger partial charge in [-0.15, -0.1) is 0 Å². The molecule has 2 heterocycles. The molecule has 2 rings (SSSR count). The summed E-state index contributed by atoms with van der Waals surface area (Å²) in [7, 11) is 0. The Hall–Kier alpha value is -1.84. The summed E-state index contributed by atoms with van der Waals surface area (Å²) < 4.78 is 10.2. The average molecular weight is 190 g/mol. The van der Waals surface area contributed by atoms with Crippen LogP contribution < -0.4 is 0 Å². The molecule has 2 aromatic rings. The van der Waals surface area contributed by atoms with Gasteiger partial charge in [0.2, 0.25) is 0 Å². The van der Waals surface area contributed by atoms with Crippen molar-refractivity contribution in [1.29, 1.82) is 0 Å². The van der Waals surface area contributed by atoms with Crippen LogP contribution in [0, 0.1) is 0 Å². The first kappa shape index (κ1) is 8.74. The van der Waals surface area contributed by atoms with Crippen LogP contribution in [0.3, 0.4) is 0 Å². The third-order valence-electron chi connectivity index (χ3n) is 1.71. The van der Waals surface area contributed by atoms with E-state index < -0.39 is 0 Å². The number of nitrogens with zero attached hydrogens (tertiary/aromatic N) is 2. The molecule has 0 unspecified atom stereocenters. The molecule has 0 radical (unpaired) electrons. The summed E-state index contributed by atoms with van der Waals surface area (Å²) in [5.41, 5.74) is 0. The highest BCUT2D eigenvalue weighted by Gasteiger charge is 1.93. The number of rotatable bonds is 4. The fourth-order valence-electron chi connectivity index (χ4n) is 1.04. The first-order valence-corrected chi connectivity index (χ1v) is 4.33. The van der Waals surface area contributed by atoms with Crippen molar-refractivity contribution >= 4 is 0 Å². The number of hydrogen-bond acceptors (Lipinski definition) is 4. The Morgan fingerprint density at radius 1 is 0.857 bits per heavy atom. The van der Waals surface area contributed by atoms with Crippen molar-refractivity contribution in [2.24, 2.45) is 10.2 Å². The van der Waals surface area contributed by atoms with Gasteiger partial charge in [-0.25, -0.2) is 0 Å². The van der Waals surface area contributed by atoms with E-state index in [1.807, 2.05) is 24.3 Å². The van der Waals surface area contributed by atoms with E-state index in [2.05, 4.69) is 10.2 Å². The van der Waals surface area contributed by atoms with E-state index in [9.17, 15) is 0 Å². The molecule has 0 aromatic carbocycles. The second kappa shape index (κ2) is 4.41. The van der Waals surface area contributed by atoms with Gasteiger partial charge in [0, 0.05) is 0 Å². The second-order valence-corrected chi connectivity index (χ2v) is 2.76. The fourth-order valence-corrected chi connectivity index (χ4v) is 1.04. The molecule has 0 aliphatic rings. The molecule has 4 nitrogen and oxygen atoms in total. The lowest BCUT2D eigenvalue weighted by Crippen LogP contribution is -1.76. The van der Waals surface area contributed by atoms with Gasteiger partial charge >= 0.3 is 0 Å². The summed E-state index contributed by atoms with van der Waals surface area (Å²) in [5, 5.41) is 7.92. The minimum atomic E-state index is 0.480. The van der Waals surface area contributed by atoms with Crippen LogP contribution in [0.5, 0.6) is 0 Å². The van der Waals surface area contributed by atoms with Crippen LogP contribution in [0.25, 0.3) is 0 Å². The largest absolute Gasteiger partial charge is 0.467 e. The molecular weight excluding hydrogens is 180 g/mol. The van der Waals surface area contributed by atoms with Gasteiger partial charge in [-0.3, -0.25) is 0 Å². The third kappa shape index (κ3) is 2.32. The maximum atomic E-state index is 5.09. The average Bonchev–Trinajstić information content (AvgIpc) is 2.86. The van der Waals surface area contributed by atoms with Gasteiger partial charge < -0.3 is 8.83 Å². The van der Waals surface area contributed by atoms with Crippen molar-refractivity contribution in [3.8, 4) is 0 Å². The van der Waals surface area contributed by atoms with Crippen LogP contribution in [0.15, 0.2) is 55.9 Å². The summed E-state index contributed by atoms with van der Waals surface area (Å²) in [4.78, 5) is 0. The van der Waals surface area contributed by atoms with Crippen LogP contribution in [-0.2, 0) is 13.1 Å². The van der Waals surface area contributed by atoms with Gasteiger partial charge in [0.05, 0.1) is 12.5 Å². The molecule has 0 spiro atoms. The van der Waals surface area contributed by atoms with Crippen LogP contribution >= 0.6 is 0 Å². The molecular formula is C10H10N2O2. The first-order chi connectivity index (χ1) is 6.95. The lowest BCUT2D eigenvalue weighted by Gasteiger charge is -1.88. The van der Waals surface area contributed by atoms with E-state index in [-0.39, 0.29) is 0 Å². The van der Waals surface area contributed by atoms with Crippen molar-refractivity contribution in [1.82, 2.24) is 0 Å². The molecule has 0 atom stereocenters. The van der Waals surface area contributed by atoms with E-state index in [0.29, 0.717) is 13.1 Å². The van der Waals surface area contributed by atoms with Crippen LogP contribution in [-0.4, -0.2) is 0 Å². The molecule has 2 aromatic heterocycles. The summed E-state index contributed by atoms with van der Waals surface area (Å²) in [6.45, 7) is 0.960. The molecule has 4 heteroatoms. The van der Waals surface area contributed by atoms with E-state index in [1.165, 1.54) is 0 Å². The van der Waals surface area contributed by atoms with Crippen LogP contribution in [0.2, 0.25) is 0 Å². The Morgan fingerprint density at radius 2 is 1.36 bits per heavy atom. The minimum absolute atomic E-state index is 0.480. The zero-order valence-corrected chi connectivity index (χ0v) is 7.59. The number of azo groups is 1. The quantitative estimate of drug-likeness (QED) is 0.696. The lowest BCUT2D eigenvalue weighted by molar-refractivity contribution is 0.494. The predicted molar refractivity (Wildman–Crippen MR) is 49.7 cm³/mol. The smallest absolute Gasteiger partial charge is 0.127 e. The topological polar surface area (TPSA) is 51.0 Å². The van der Waals surface area contributed by atoms with Crippen molar-refractivity contribution in [2.75, 3.05) is 0 Å². The molecule has 72 valence electrons. The van der Waals surface area contributed by atoms with Gasteiger partial charge in [-0.2, -0.15) is 10.2 Å². The summed E-state index contributed by atoms with van der Waals surface area (Å²) in [5.74, 6) is 1.63. The van der Waals surface area contributed by atoms with Crippen LogP contribution in [0.4, 0.5) is 0 Å². The lowest BCUT2D eigenvalue weighted by atomic mass is 10.4. The summed E-state index contributed by atoms with van der Waals surface area (Å²) >= 11 is 0. The van der Waals surface area contributed by atoms with E-state index in [1.54, 1.807) is 12.5 Å². The zero-order valence-electron chi connectivity index (χ0n) is 7.59. The monoisotopic (exact) mass is 190 g/mol. The van der Waals surface area contributed by atoms with Crippen molar-refractivity contribution in [3.63, 3.8) is 0 Å². The Kier molecular flexibility index (Phi) is 2.76. The van der Waals surface area contributed by atoms with Gasteiger partial charge in [0.1, 0.15) is 24.6 Å².